The normalized spacial score (nSPS) is 11.0. The maximum Gasteiger partial charge on any atom is 0.270 e. The second-order valence-electron chi connectivity index (χ2n) is 5.71. The zero-order chi connectivity index (χ0) is 16.1. The first-order chi connectivity index (χ1) is 10.5. The highest BCUT2D eigenvalue weighted by molar-refractivity contribution is 5.81. The Balaban J connectivity index is 2.26. The summed E-state index contributed by atoms with van der Waals surface area (Å²) in [6, 6.07) is 4.40. The summed E-state index contributed by atoms with van der Waals surface area (Å²) in [6.07, 6.45) is 6.74. The maximum atomic E-state index is 12.4. The van der Waals surface area contributed by atoms with E-state index in [1.54, 1.807) is 13.0 Å². The van der Waals surface area contributed by atoms with Crippen LogP contribution in [0.1, 0.15) is 50.3 Å². The molecule has 1 aromatic carbocycles. The summed E-state index contributed by atoms with van der Waals surface area (Å²) in [5.74, 6) is 0. The van der Waals surface area contributed by atoms with Crippen molar-refractivity contribution in [3.8, 4) is 0 Å². The SMILES string of the molecule is CCCCCCCc1[nH]c2ccc([N+](=O)[O-])cc2c(=O)c1C. The number of hydrogen-bond acceptors (Lipinski definition) is 3. The van der Waals surface area contributed by atoms with Gasteiger partial charge in [-0.2, -0.15) is 0 Å². The number of nitrogens with one attached hydrogen (secondary N) is 1. The number of hydrogen-bond donors (Lipinski definition) is 1. The number of aromatic amines is 1. The molecular weight excluding hydrogens is 280 g/mol. The molecule has 0 saturated heterocycles. The summed E-state index contributed by atoms with van der Waals surface area (Å²) < 4.78 is 0. The number of benzene rings is 1. The van der Waals surface area contributed by atoms with Crippen LogP contribution in [0, 0.1) is 17.0 Å². The number of non-ortho nitro benzene ring substituents is 1. The molecule has 2 rings (SSSR count). The number of aryl methyl sites for hydroxylation is 1. The molecule has 0 aliphatic rings. The first-order valence-corrected chi connectivity index (χ1v) is 7.84. The van der Waals surface area contributed by atoms with Gasteiger partial charge in [0.25, 0.3) is 5.69 Å². The Hall–Kier alpha value is -2.17. The molecular formula is C17H22N2O3. The third-order valence-electron chi connectivity index (χ3n) is 4.07. The lowest BCUT2D eigenvalue weighted by Gasteiger charge is -2.08. The van der Waals surface area contributed by atoms with Crippen molar-refractivity contribution in [2.75, 3.05) is 0 Å². The average molecular weight is 302 g/mol. The lowest BCUT2D eigenvalue weighted by Crippen LogP contribution is -2.12. The van der Waals surface area contributed by atoms with Gasteiger partial charge in [0.05, 0.1) is 10.3 Å². The molecule has 2 aromatic rings. The molecule has 0 aliphatic carbocycles. The van der Waals surface area contributed by atoms with Crippen LogP contribution in [0.25, 0.3) is 10.9 Å². The maximum absolute atomic E-state index is 12.4. The predicted octanol–water partition coefficient (Wildman–Crippen LogP) is 4.26. The van der Waals surface area contributed by atoms with E-state index in [4.69, 9.17) is 0 Å². The van der Waals surface area contributed by atoms with Crippen LogP contribution < -0.4 is 5.43 Å². The van der Waals surface area contributed by atoms with Gasteiger partial charge in [-0.1, -0.05) is 32.6 Å². The molecule has 0 fully saturated rings. The van der Waals surface area contributed by atoms with E-state index >= 15 is 0 Å². The van der Waals surface area contributed by atoms with Crippen LogP contribution in [0.2, 0.25) is 0 Å². The van der Waals surface area contributed by atoms with Gasteiger partial charge < -0.3 is 4.98 Å². The van der Waals surface area contributed by atoms with E-state index < -0.39 is 4.92 Å². The van der Waals surface area contributed by atoms with Crippen LogP contribution in [-0.4, -0.2) is 9.91 Å². The fourth-order valence-electron chi connectivity index (χ4n) is 2.69. The Bertz CT molecular complexity index is 734. The number of nitrogens with zero attached hydrogens (tertiary/aromatic N) is 1. The molecule has 0 aliphatic heterocycles. The van der Waals surface area contributed by atoms with Gasteiger partial charge in [-0.25, -0.2) is 0 Å². The van der Waals surface area contributed by atoms with Crippen molar-refractivity contribution in [2.24, 2.45) is 0 Å². The van der Waals surface area contributed by atoms with Gasteiger partial charge in [-0.15, -0.1) is 0 Å². The highest BCUT2D eigenvalue weighted by atomic mass is 16.6. The molecule has 1 aromatic heterocycles. The Kier molecular flexibility index (Phi) is 5.31. The smallest absolute Gasteiger partial charge is 0.270 e. The second kappa shape index (κ2) is 7.20. The van der Waals surface area contributed by atoms with Crippen LogP contribution >= 0.6 is 0 Å². The van der Waals surface area contributed by atoms with E-state index in [1.807, 2.05) is 0 Å². The quantitative estimate of drug-likeness (QED) is 0.471. The van der Waals surface area contributed by atoms with Crippen molar-refractivity contribution in [3.63, 3.8) is 0 Å². The van der Waals surface area contributed by atoms with Crippen molar-refractivity contribution >= 4 is 16.6 Å². The summed E-state index contributed by atoms with van der Waals surface area (Å²) in [4.78, 5) is 26.0. The molecule has 0 spiro atoms. The molecule has 5 heteroatoms. The molecule has 0 unspecified atom stereocenters. The van der Waals surface area contributed by atoms with Gasteiger partial charge in [0.15, 0.2) is 5.43 Å². The van der Waals surface area contributed by atoms with Crippen molar-refractivity contribution in [1.82, 2.24) is 4.98 Å². The number of rotatable bonds is 7. The summed E-state index contributed by atoms with van der Waals surface area (Å²) in [7, 11) is 0. The summed E-state index contributed by atoms with van der Waals surface area (Å²) >= 11 is 0. The van der Waals surface area contributed by atoms with Crippen molar-refractivity contribution in [3.05, 3.63) is 49.8 Å². The highest BCUT2D eigenvalue weighted by Gasteiger charge is 2.12. The Morgan fingerprint density at radius 3 is 2.59 bits per heavy atom. The summed E-state index contributed by atoms with van der Waals surface area (Å²) in [6.45, 7) is 3.97. The fourth-order valence-corrected chi connectivity index (χ4v) is 2.69. The average Bonchev–Trinajstić information content (AvgIpc) is 2.51. The van der Waals surface area contributed by atoms with Gasteiger partial charge in [0.1, 0.15) is 0 Å². The van der Waals surface area contributed by atoms with Gasteiger partial charge in [0.2, 0.25) is 0 Å². The predicted molar refractivity (Wildman–Crippen MR) is 88.4 cm³/mol. The van der Waals surface area contributed by atoms with Crippen LogP contribution in [0.4, 0.5) is 5.69 Å². The molecule has 1 heterocycles. The van der Waals surface area contributed by atoms with Crippen LogP contribution in [-0.2, 0) is 6.42 Å². The monoisotopic (exact) mass is 302 g/mol. The lowest BCUT2D eigenvalue weighted by atomic mass is 10.0. The van der Waals surface area contributed by atoms with E-state index in [-0.39, 0.29) is 11.1 Å². The number of pyridine rings is 1. The van der Waals surface area contributed by atoms with Gasteiger partial charge >= 0.3 is 0 Å². The van der Waals surface area contributed by atoms with Gasteiger partial charge in [0, 0.05) is 28.9 Å². The number of fused-ring (bicyclic) bond motifs is 1. The third kappa shape index (κ3) is 3.53. The number of nitro groups is 1. The minimum atomic E-state index is -0.476. The summed E-state index contributed by atoms with van der Waals surface area (Å²) in [5, 5.41) is 11.2. The highest BCUT2D eigenvalue weighted by Crippen LogP contribution is 2.19. The molecule has 0 amide bonds. The van der Waals surface area contributed by atoms with Crippen LogP contribution in [0.5, 0.6) is 0 Å². The first-order valence-electron chi connectivity index (χ1n) is 7.84. The van der Waals surface area contributed by atoms with Crippen molar-refractivity contribution < 1.29 is 4.92 Å². The number of aromatic nitrogens is 1. The minimum Gasteiger partial charge on any atom is -0.358 e. The van der Waals surface area contributed by atoms with Crippen molar-refractivity contribution in [2.45, 2.75) is 52.4 Å². The summed E-state index contributed by atoms with van der Waals surface area (Å²) in [5.41, 5.74) is 2.13. The van der Waals surface area contributed by atoms with Crippen LogP contribution in [0.15, 0.2) is 23.0 Å². The standard InChI is InChI=1S/C17H22N2O3/c1-3-4-5-6-7-8-15-12(2)17(20)14-11-13(19(21)22)9-10-16(14)18-15/h9-11H,3-8H2,1-2H3,(H,18,20). The molecule has 0 radical (unpaired) electrons. The minimum absolute atomic E-state index is 0.0512. The molecule has 22 heavy (non-hydrogen) atoms. The first kappa shape index (κ1) is 16.2. The van der Waals surface area contributed by atoms with E-state index in [1.165, 1.54) is 31.4 Å². The fraction of sp³-hybridized carbons (Fsp3) is 0.471. The number of nitro benzene ring substituents is 1. The van der Waals surface area contributed by atoms with E-state index in [0.29, 0.717) is 16.5 Å². The topological polar surface area (TPSA) is 76.0 Å². The molecule has 0 bridgehead atoms. The molecule has 0 saturated carbocycles. The van der Waals surface area contributed by atoms with Gasteiger partial charge in [-0.3, -0.25) is 14.9 Å². The zero-order valence-electron chi connectivity index (χ0n) is 13.1. The van der Waals surface area contributed by atoms with Gasteiger partial charge in [-0.05, 0) is 25.8 Å². The third-order valence-corrected chi connectivity index (χ3v) is 4.07. The molecule has 5 nitrogen and oxygen atoms in total. The Morgan fingerprint density at radius 1 is 1.18 bits per heavy atom. The number of H-pyrrole nitrogens is 1. The molecule has 118 valence electrons. The van der Waals surface area contributed by atoms with E-state index in [0.717, 1.165) is 25.0 Å². The van der Waals surface area contributed by atoms with E-state index in [2.05, 4.69) is 11.9 Å². The van der Waals surface area contributed by atoms with E-state index in [9.17, 15) is 14.9 Å². The Morgan fingerprint density at radius 2 is 1.91 bits per heavy atom. The lowest BCUT2D eigenvalue weighted by molar-refractivity contribution is -0.384. The second-order valence-corrected chi connectivity index (χ2v) is 5.71. The zero-order valence-corrected chi connectivity index (χ0v) is 13.1. The van der Waals surface area contributed by atoms with Crippen molar-refractivity contribution in [1.29, 1.82) is 0 Å². The Labute approximate surface area is 129 Å². The largest absolute Gasteiger partial charge is 0.358 e. The molecule has 1 N–H and O–H groups in total. The number of unbranched alkanes of at least 4 members (excludes halogenated alkanes) is 4. The van der Waals surface area contributed by atoms with Crippen LogP contribution in [0.3, 0.4) is 0 Å². The molecule has 0 atom stereocenters.